The number of esters is 1. The molecule has 0 aliphatic carbocycles. The Kier molecular flexibility index (Phi) is 4.93. The van der Waals surface area contributed by atoms with Gasteiger partial charge in [-0.25, -0.2) is 9.78 Å². The minimum Gasteiger partial charge on any atom is -0.462 e. The Morgan fingerprint density at radius 2 is 2.14 bits per heavy atom. The minimum atomic E-state index is -0.391. The minimum absolute atomic E-state index is 0.119. The van der Waals surface area contributed by atoms with Crippen LogP contribution in [-0.2, 0) is 11.3 Å². The number of carbonyl (C=O) groups is 1. The summed E-state index contributed by atoms with van der Waals surface area (Å²) in [6, 6.07) is 5.11. The number of aromatic nitrogens is 2. The number of aromatic amines is 1. The predicted octanol–water partition coefficient (Wildman–Crippen LogP) is 2.18. The van der Waals surface area contributed by atoms with Gasteiger partial charge in [0.15, 0.2) is 0 Å². The van der Waals surface area contributed by atoms with Gasteiger partial charge in [-0.15, -0.1) is 0 Å². The molecule has 0 fully saturated rings. The van der Waals surface area contributed by atoms with Crippen molar-refractivity contribution >= 4 is 11.8 Å². The van der Waals surface area contributed by atoms with Crippen LogP contribution in [0.25, 0.3) is 0 Å². The van der Waals surface area contributed by atoms with Gasteiger partial charge in [-0.3, -0.25) is 4.79 Å². The molecule has 0 aliphatic rings. The number of hydrogen-bond acceptors (Lipinski definition) is 5. The second-order valence-corrected chi connectivity index (χ2v) is 4.95. The zero-order chi connectivity index (χ0) is 16.1. The van der Waals surface area contributed by atoms with Crippen molar-refractivity contribution in [2.45, 2.75) is 27.3 Å². The summed E-state index contributed by atoms with van der Waals surface area (Å²) < 4.78 is 4.95. The molecule has 0 spiro atoms. The Morgan fingerprint density at radius 1 is 1.36 bits per heavy atom. The lowest BCUT2D eigenvalue weighted by Gasteiger charge is -2.09. The van der Waals surface area contributed by atoms with Crippen molar-refractivity contribution in [3.8, 4) is 0 Å². The van der Waals surface area contributed by atoms with Crippen LogP contribution < -0.4 is 10.9 Å². The van der Waals surface area contributed by atoms with Gasteiger partial charge in [-0.2, -0.15) is 0 Å². The van der Waals surface area contributed by atoms with Crippen LogP contribution in [0.5, 0.6) is 0 Å². The second-order valence-electron chi connectivity index (χ2n) is 4.95. The average Bonchev–Trinajstić information content (AvgIpc) is 2.46. The molecule has 0 radical (unpaired) electrons. The van der Waals surface area contributed by atoms with Crippen LogP contribution in [-0.4, -0.2) is 22.5 Å². The fourth-order valence-electron chi connectivity index (χ4n) is 2.15. The van der Waals surface area contributed by atoms with Gasteiger partial charge in [0.2, 0.25) is 0 Å². The fourth-order valence-corrected chi connectivity index (χ4v) is 2.15. The molecular weight excluding hydrogens is 282 g/mol. The molecule has 0 aliphatic heterocycles. The molecule has 0 saturated carbocycles. The Balaban J connectivity index is 2.14. The van der Waals surface area contributed by atoms with E-state index in [9.17, 15) is 9.59 Å². The van der Waals surface area contributed by atoms with Gasteiger partial charge in [-0.1, -0.05) is 0 Å². The summed E-state index contributed by atoms with van der Waals surface area (Å²) in [5.74, 6) is 0.127. The van der Waals surface area contributed by atoms with E-state index in [1.807, 2.05) is 19.9 Å². The van der Waals surface area contributed by atoms with Gasteiger partial charge in [-0.05, 0) is 44.5 Å². The van der Waals surface area contributed by atoms with Gasteiger partial charge in [0.05, 0.1) is 12.2 Å². The summed E-state index contributed by atoms with van der Waals surface area (Å²) in [4.78, 5) is 30.6. The number of carbonyl (C=O) groups excluding carboxylic acids is 1. The van der Waals surface area contributed by atoms with Crippen LogP contribution in [0.3, 0.4) is 0 Å². The zero-order valence-electron chi connectivity index (χ0n) is 12.9. The van der Waals surface area contributed by atoms with Crippen molar-refractivity contribution in [3.63, 3.8) is 0 Å². The standard InChI is InChI=1S/C16H19N3O3/c1-4-22-16(21)12-5-6-17-14(8-12)18-9-13-10(2)7-11(3)19-15(13)20/h5-8H,4,9H2,1-3H3,(H,17,18)(H,19,20). The van der Waals surface area contributed by atoms with Gasteiger partial charge >= 0.3 is 5.97 Å². The molecule has 22 heavy (non-hydrogen) atoms. The number of pyridine rings is 2. The highest BCUT2D eigenvalue weighted by atomic mass is 16.5. The quantitative estimate of drug-likeness (QED) is 0.827. The number of H-pyrrole nitrogens is 1. The van der Waals surface area contributed by atoms with Crippen molar-refractivity contribution in [3.05, 3.63) is 57.1 Å². The highest BCUT2D eigenvalue weighted by molar-refractivity contribution is 5.90. The average molecular weight is 301 g/mol. The molecule has 0 amide bonds. The van der Waals surface area contributed by atoms with E-state index in [0.29, 0.717) is 30.1 Å². The number of nitrogens with zero attached hydrogens (tertiary/aromatic N) is 1. The van der Waals surface area contributed by atoms with Gasteiger partial charge in [0.1, 0.15) is 5.82 Å². The molecule has 2 rings (SSSR count). The molecule has 6 heteroatoms. The summed E-state index contributed by atoms with van der Waals surface area (Å²) in [7, 11) is 0. The van der Waals surface area contributed by atoms with E-state index >= 15 is 0 Å². The lowest BCUT2D eigenvalue weighted by atomic mass is 10.1. The summed E-state index contributed by atoms with van der Waals surface area (Å²) >= 11 is 0. The van der Waals surface area contributed by atoms with Crippen molar-refractivity contribution < 1.29 is 9.53 Å². The van der Waals surface area contributed by atoms with Crippen LogP contribution in [0, 0.1) is 13.8 Å². The zero-order valence-corrected chi connectivity index (χ0v) is 12.9. The number of anilines is 1. The molecule has 0 saturated heterocycles. The molecule has 2 aromatic rings. The second kappa shape index (κ2) is 6.89. The van der Waals surface area contributed by atoms with E-state index in [2.05, 4.69) is 15.3 Å². The number of nitrogens with one attached hydrogen (secondary N) is 2. The Morgan fingerprint density at radius 3 is 2.82 bits per heavy atom. The van der Waals surface area contributed by atoms with Crippen molar-refractivity contribution in [1.82, 2.24) is 9.97 Å². The number of ether oxygens (including phenoxy) is 1. The molecule has 0 aromatic carbocycles. The SMILES string of the molecule is CCOC(=O)c1ccnc(NCc2c(C)cc(C)[nH]c2=O)c1. The van der Waals surface area contributed by atoms with E-state index in [0.717, 1.165) is 11.3 Å². The summed E-state index contributed by atoms with van der Waals surface area (Å²) in [5.41, 5.74) is 2.69. The third kappa shape index (κ3) is 3.72. The molecule has 116 valence electrons. The fraction of sp³-hybridized carbons (Fsp3) is 0.312. The third-order valence-corrected chi connectivity index (χ3v) is 3.21. The number of rotatable bonds is 5. The third-order valence-electron chi connectivity index (χ3n) is 3.21. The Bertz CT molecular complexity index is 738. The highest BCUT2D eigenvalue weighted by Gasteiger charge is 2.09. The molecule has 2 N–H and O–H groups in total. The van der Waals surface area contributed by atoms with Crippen molar-refractivity contribution in [2.75, 3.05) is 11.9 Å². The van der Waals surface area contributed by atoms with E-state index in [4.69, 9.17) is 4.74 Å². The first kappa shape index (κ1) is 15.8. The normalized spacial score (nSPS) is 10.3. The number of hydrogen-bond donors (Lipinski definition) is 2. The summed E-state index contributed by atoms with van der Waals surface area (Å²) in [6.07, 6.45) is 1.53. The smallest absolute Gasteiger partial charge is 0.338 e. The van der Waals surface area contributed by atoms with Crippen LogP contribution in [0.15, 0.2) is 29.2 Å². The van der Waals surface area contributed by atoms with Crippen molar-refractivity contribution in [2.24, 2.45) is 0 Å². The van der Waals surface area contributed by atoms with Gasteiger partial charge < -0.3 is 15.0 Å². The molecule has 0 bridgehead atoms. The first-order chi connectivity index (χ1) is 10.5. The maximum absolute atomic E-state index is 12.0. The highest BCUT2D eigenvalue weighted by Crippen LogP contribution is 2.11. The molecular formula is C16H19N3O3. The van der Waals surface area contributed by atoms with E-state index in [-0.39, 0.29) is 5.56 Å². The van der Waals surface area contributed by atoms with E-state index < -0.39 is 5.97 Å². The van der Waals surface area contributed by atoms with Crippen LogP contribution in [0.4, 0.5) is 5.82 Å². The molecule has 2 aromatic heterocycles. The van der Waals surface area contributed by atoms with E-state index in [1.54, 1.807) is 19.1 Å². The lowest BCUT2D eigenvalue weighted by molar-refractivity contribution is 0.0526. The molecule has 0 atom stereocenters. The van der Waals surface area contributed by atoms with Crippen LogP contribution >= 0.6 is 0 Å². The van der Waals surface area contributed by atoms with Crippen LogP contribution in [0.2, 0.25) is 0 Å². The lowest BCUT2D eigenvalue weighted by Crippen LogP contribution is -2.18. The van der Waals surface area contributed by atoms with E-state index in [1.165, 1.54) is 6.20 Å². The maximum atomic E-state index is 12.0. The Labute approximate surface area is 128 Å². The maximum Gasteiger partial charge on any atom is 0.338 e. The van der Waals surface area contributed by atoms with Gasteiger partial charge in [0, 0.05) is 24.0 Å². The van der Waals surface area contributed by atoms with Crippen LogP contribution in [0.1, 0.15) is 34.1 Å². The predicted molar refractivity (Wildman–Crippen MR) is 84.1 cm³/mol. The molecule has 6 nitrogen and oxygen atoms in total. The molecule has 0 unspecified atom stereocenters. The summed E-state index contributed by atoms with van der Waals surface area (Å²) in [5, 5.41) is 3.06. The summed E-state index contributed by atoms with van der Waals surface area (Å²) in [6.45, 7) is 6.14. The monoisotopic (exact) mass is 301 g/mol. The topological polar surface area (TPSA) is 84.1 Å². The Hall–Kier alpha value is -2.63. The molecule has 2 heterocycles. The number of aryl methyl sites for hydroxylation is 2. The first-order valence-corrected chi connectivity index (χ1v) is 7.07. The van der Waals surface area contributed by atoms with Crippen molar-refractivity contribution in [1.29, 1.82) is 0 Å². The largest absolute Gasteiger partial charge is 0.462 e. The first-order valence-electron chi connectivity index (χ1n) is 7.07. The van der Waals surface area contributed by atoms with Gasteiger partial charge in [0.25, 0.3) is 5.56 Å².